The van der Waals surface area contributed by atoms with E-state index in [1.807, 2.05) is 43.5 Å². The molecular formula is C61H70N4O11S+2. The van der Waals surface area contributed by atoms with E-state index in [1.165, 1.54) is 12.1 Å². The van der Waals surface area contributed by atoms with Crippen LogP contribution in [0.5, 0.6) is 0 Å². The van der Waals surface area contributed by atoms with Gasteiger partial charge in [0.1, 0.15) is 25.6 Å². The Kier molecular flexibility index (Phi) is 13.5. The first kappa shape index (κ1) is 54.6. The molecule has 0 fully saturated rings. The maximum absolute atomic E-state index is 14.2. The Hall–Kier alpha value is -7.17. The van der Waals surface area contributed by atoms with Crippen molar-refractivity contribution in [2.24, 2.45) is 0 Å². The number of carboxylic acids is 2. The normalized spacial score (nSPS) is 21.7. The summed E-state index contributed by atoms with van der Waals surface area (Å²) in [5.41, 5.74) is 9.75. The molecule has 0 unspecified atom stereocenters. The molecule has 0 bridgehead atoms. The summed E-state index contributed by atoms with van der Waals surface area (Å²) in [4.78, 5) is 54.7. The standard InChI is InChI=1S/C61H68N4O11S/c1-34-20-22-44-40(26-34)60(6,7)50(64(44)24-16-12-14-18-52(66)67)30-38-54(70)36(55(38)71)28-48-58(2,3)42-32-47-43(33-46(42)62(48)10)59(4,5)49(63(47)11)29-37-56(72)39(57(37)73)31-51-61(8,9)41-27-35(77(74,75)76)21-23-45(41)65(51)25-17-13-15-19-53(68)69/h20-23,26-33H,12-19,24-25H2,1-11H3,(H3-2,66,67,68,69,70,71,72,73,74,75,76)/p+2. The van der Waals surface area contributed by atoms with Crippen LogP contribution in [0.3, 0.4) is 0 Å². The highest BCUT2D eigenvalue weighted by Crippen LogP contribution is 2.53. The van der Waals surface area contributed by atoms with Gasteiger partial charge in [-0.1, -0.05) is 58.2 Å². The number of hydrogen-bond donors (Lipinski definition) is 5. The summed E-state index contributed by atoms with van der Waals surface area (Å²) >= 11 is 0. The quantitative estimate of drug-likeness (QED) is 0.0369. The zero-order valence-corrected chi connectivity index (χ0v) is 46.7. The average Bonchev–Trinajstić information content (AvgIpc) is 3.92. The van der Waals surface area contributed by atoms with Crippen molar-refractivity contribution < 1.29 is 61.7 Å². The van der Waals surface area contributed by atoms with Gasteiger partial charge in [0.05, 0.1) is 38.0 Å². The summed E-state index contributed by atoms with van der Waals surface area (Å²) in [6.07, 6.45) is 11.0. The third kappa shape index (κ3) is 9.00. The van der Waals surface area contributed by atoms with Crippen molar-refractivity contribution in [1.82, 2.24) is 0 Å². The maximum Gasteiger partial charge on any atom is 0.303 e. The number of rotatable bonds is 17. The number of hydrogen-bond acceptors (Lipinski definition) is 10. The minimum Gasteiger partial charge on any atom is -0.506 e. The third-order valence-electron chi connectivity index (χ3n) is 17.1. The highest BCUT2D eigenvalue weighted by molar-refractivity contribution is 7.85. The minimum absolute atomic E-state index is 0.0325. The number of allylic oxidation sites excluding steroid dienone is 10. The topological polar surface area (TPSA) is 216 Å². The lowest BCUT2D eigenvalue weighted by atomic mass is 9.75. The van der Waals surface area contributed by atoms with Crippen LogP contribution in [0.25, 0.3) is 0 Å². The van der Waals surface area contributed by atoms with E-state index in [-0.39, 0.29) is 63.1 Å². The highest BCUT2D eigenvalue weighted by atomic mass is 32.2. The van der Waals surface area contributed by atoms with E-state index in [1.54, 1.807) is 24.3 Å². The molecule has 4 aliphatic heterocycles. The Morgan fingerprint density at radius 3 is 1.35 bits per heavy atom. The molecule has 3 aromatic carbocycles. The lowest BCUT2D eigenvalue weighted by Crippen LogP contribution is -2.32. The Morgan fingerprint density at radius 2 is 0.961 bits per heavy atom. The highest BCUT2D eigenvalue weighted by Gasteiger charge is 2.52. The molecule has 4 heterocycles. The molecule has 9 rings (SSSR count). The number of benzene rings is 3. The predicted octanol–water partition coefficient (Wildman–Crippen LogP) is 10.5. The van der Waals surface area contributed by atoms with E-state index in [9.17, 15) is 47.5 Å². The molecule has 0 aromatic heterocycles. The molecule has 3 aromatic rings. The first-order chi connectivity index (χ1) is 35.9. The Morgan fingerprint density at radius 1 is 0.558 bits per heavy atom. The molecule has 15 nitrogen and oxygen atoms in total. The van der Waals surface area contributed by atoms with Crippen LogP contribution in [0.4, 0.5) is 22.7 Å². The number of anilines is 2. The number of carbonyl (C=O) groups is 4. The number of carboxylic acid groups (broad SMARTS) is 2. The summed E-state index contributed by atoms with van der Waals surface area (Å²) in [6, 6.07) is 15.0. The summed E-state index contributed by atoms with van der Waals surface area (Å²) in [6.45, 7) is 19.5. The molecule has 2 aliphatic carbocycles. The van der Waals surface area contributed by atoms with Crippen LogP contribution in [0, 0.1) is 6.92 Å². The molecule has 0 saturated carbocycles. The summed E-state index contributed by atoms with van der Waals surface area (Å²) in [7, 11) is -0.633. The van der Waals surface area contributed by atoms with Gasteiger partial charge in [-0.2, -0.15) is 17.6 Å². The van der Waals surface area contributed by atoms with Crippen LogP contribution < -0.4 is 9.80 Å². The van der Waals surface area contributed by atoms with Crippen LogP contribution in [0.1, 0.15) is 135 Å². The molecule has 0 amide bonds. The van der Waals surface area contributed by atoms with Gasteiger partial charge in [0.2, 0.25) is 22.9 Å². The number of aliphatic hydroxyl groups excluding tert-OH is 2. The molecule has 6 aliphatic rings. The second kappa shape index (κ2) is 19.1. The minimum atomic E-state index is -4.52. The van der Waals surface area contributed by atoms with Crippen molar-refractivity contribution in [3.05, 3.63) is 146 Å². The number of ketones is 2. The van der Waals surface area contributed by atoms with E-state index in [0.29, 0.717) is 55.7 Å². The van der Waals surface area contributed by atoms with Crippen LogP contribution >= 0.6 is 0 Å². The fourth-order valence-corrected chi connectivity index (χ4v) is 13.0. The maximum atomic E-state index is 14.2. The van der Waals surface area contributed by atoms with E-state index in [2.05, 4.69) is 88.3 Å². The van der Waals surface area contributed by atoms with Crippen molar-refractivity contribution in [2.45, 2.75) is 140 Å². The molecule has 404 valence electrons. The summed E-state index contributed by atoms with van der Waals surface area (Å²) in [5.74, 6) is -2.54. The van der Waals surface area contributed by atoms with Gasteiger partial charge < -0.3 is 30.2 Å². The first-order valence-electron chi connectivity index (χ1n) is 26.4. The Balaban J connectivity index is 0.999. The van der Waals surface area contributed by atoms with Gasteiger partial charge in [0, 0.05) is 94.9 Å². The van der Waals surface area contributed by atoms with E-state index < -0.39 is 43.7 Å². The van der Waals surface area contributed by atoms with Crippen molar-refractivity contribution in [3.8, 4) is 0 Å². The SMILES string of the molecule is Cc1ccc2c(c1)C(C)(C)C(=CC1=C(O)C(=CC3=[N+](C)c4cc5c(cc4C3(C)C)[N+](C)=C(C=C3C(=O)C(C=C4N(CCCCCC(=O)O)c6ccc(S(=O)(=O)O)cc6C4(C)C)=C3O)C5(C)C)C1=O)N2CCCCCC(=O)O. The Labute approximate surface area is 450 Å². The molecule has 0 spiro atoms. The van der Waals surface area contributed by atoms with Crippen LogP contribution in [0.15, 0.2) is 123 Å². The average molecular weight is 1070 g/mol. The van der Waals surface area contributed by atoms with E-state index in [0.717, 1.165) is 69.3 Å². The molecular weight excluding hydrogens is 997 g/mol. The molecule has 0 atom stereocenters. The monoisotopic (exact) mass is 1070 g/mol. The van der Waals surface area contributed by atoms with E-state index in [4.69, 9.17) is 5.11 Å². The third-order valence-corrected chi connectivity index (χ3v) is 17.9. The van der Waals surface area contributed by atoms with Gasteiger partial charge in [-0.15, -0.1) is 0 Å². The van der Waals surface area contributed by atoms with Crippen LogP contribution in [-0.2, 0) is 51.0 Å². The Bertz CT molecular complexity index is 3560. The number of aliphatic carboxylic acids is 2. The number of carbonyl (C=O) groups excluding carboxylic acids is 2. The van der Waals surface area contributed by atoms with E-state index >= 15 is 0 Å². The second-order valence-electron chi connectivity index (χ2n) is 23.5. The largest absolute Gasteiger partial charge is 0.506 e. The van der Waals surface area contributed by atoms with Crippen molar-refractivity contribution >= 4 is 67.8 Å². The lowest BCUT2D eigenvalue weighted by molar-refractivity contribution is -0.404. The number of Topliss-reactive ketones (excluding diaryl/α,β-unsaturated/α-hetero) is 2. The van der Waals surface area contributed by atoms with Gasteiger partial charge in [-0.05, 0) is 108 Å². The fourth-order valence-electron chi connectivity index (χ4n) is 12.5. The molecule has 5 N–H and O–H groups in total. The summed E-state index contributed by atoms with van der Waals surface area (Å²) < 4.78 is 38.4. The van der Waals surface area contributed by atoms with Crippen molar-refractivity contribution in [2.75, 3.05) is 37.0 Å². The number of aryl methyl sites for hydroxylation is 1. The van der Waals surface area contributed by atoms with Gasteiger partial charge >= 0.3 is 11.9 Å². The van der Waals surface area contributed by atoms with Gasteiger partial charge in [0.15, 0.2) is 11.4 Å². The fraction of sp³-hybridized carbons (Fsp3) is 0.410. The van der Waals surface area contributed by atoms with Crippen molar-refractivity contribution in [1.29, 1.82) is 0 Å². The smallest absolute Gasteiger partial charge is 0.303 e. The molecule has 0 saturated heterocycles. The van der Waals surface area contributed by atoms with Gasteiger partial charge in [-0.25, -0.2) is 0 Å². The molecule has 77 heavy (non-hydrogen) atoms. The number of nitrogens with zero attached hydrogens (tertiary/aromatic N) is 4. The first-order valence-corrected chi connectivity index (χ1v) is 27.8. The molecule has 16 heteroatoms. The van der Waals surface area contributed by atoms with Crippen LogP contribution in [-0.4, -0.2) is 105 Å². The number of unbranched alkanes of at least 4 members (excludes halogenated alkanes) is 4. The predicted molar refractivity (Wildman–Crippen MR) is 296 cm³/mol. The number of fused-ring (bicyclic) bond motifs is 4. The molecule has 0 radical (unpaired) electrons. The zero-order valence-electron chi connectivity index (χ0n) is 45.9. The van der Waals surface area contributed by atoms with Gasteiger partial charge in [-0.3, -0.25) is 23.7 Å². The zero-order chi connectivity index (χ0) is 56.2. The lowest BCUT2D eigenvalue weighted by Gasteiger charge is -2.29. The number of aliphatic hydroxyl groups is 2. The van der Waals surface area contributed by atoms with Gasteiger partial charge in [0.25, 0.3) is 10.1 Å². The second-order valence-corrected chi connectivity index (χ2v) is 24.9. The summed E-state index contributed by atoms with van der Waals surface area (Å²) in [5, 5.41) is 41.8. The van der Waals surface area contributed by atoms with Crippen LogP contribution in [0.2, 0.25) is 0 Å². The van der Waals surface area contributed by atoms with Crippen molar-refractivity contribution in [3.63, 3.8) is 0 Å².